The van der Waals surface area contributed by atoms with Crippen molar-refractivity contribution in [2.24, 2.45) is 11.8 Å². The van der Waals surface area contributed by atoms with Crippen molar-refractivity contribution in [3.05, 3.63) is 33.8 Å². The third-order valence-corrected chi connectivity index (χ3v) is 4.59. The van der Waals surface area contributed by atoms with Crippen molar-refractivity contribution >= 4 is 29.2 Å². The van der Waals surface area contributed by atoms with E-state index in [-0.39, 0.29) is 11.8 Å². The van der Waals surface area contributed by atoms with Crippen LogP contribution in [0.15, 0.2) is 18.2 Å². The fraction of sp³-hybridized carbons (Fsp3) is 0.500. The van der Waals surface area contributed by atoms with Crippen LogP contribution in [-0.2, 0) is 11.3 Å². The van der Waals surface area contributed by atoms with E-state index in [4.69, 9.17) is 28.3 Å². The Balaban J connectivity index is 1.86. The summed E-state index contributed by atoms with van der Waals surface area (Å²) in [5.41, 5.74) is 0.944. The van der Waals surface area contributed by atoms with Gasteiger partial charge in [-0.3, -0.25) is 4.79 Å². The van der Waals surface area contributed by atoms with Gasteiger partial charge in [0.25, 0.3) is 0 Å². The molecule has 2 rings (SSSR count). The molecule has 0 heterocycles. The summed E-state index contributed by atoms with van der Waals surface area (Å²) in [6.45, 7) is 1.32. The van der Waals surface area contributed by atoms with Crippen molar-refractivity contribution in [2.75, 3.05) is 6.54 Å². The Bertz CT molecular complexity index is 465. The second kappa shape index (κ2) is 6.60. The Morgan fingerprint density at radius 1 is 1.37 bits per heavy atom. The SMILES string of the molecule is O=C(O)C1CCCC1CNCc1cccc(Cl)c1Cl. The van der Waals surface area contributed by atoms with Crippen LogP contribution in [0.5, 0.6) is 0 Å². The normalized spacial score (nSPS) is 22.6. The van der Waals surface area contributed by atoms with Gasteiger partial charge in [0, 0.05) is 6.54 Å². The van der Waals surface area contributed by atoms with E-state index in [0.29, 0.717) is 23.1 Å². The molecule has 0 radical (unpaired) electrons. The van der Waals surface area contributed by atoms with Crippen LogP contribution in [0.3, 0.4) is 0 Å². The van der Waals surface area contributed by atoms with Crippen molar-refractivity contribution in [3.63, 3.8) is 0 Å². The van der Waals surface area contributed by atoms with Gasteiger partial charge in [-0.05, 0) is 36.9 Å². The molecule has 1 saturated carbocycles. The van der Waals surface area contributed by atoms with E-state index in [1.54, 1.807) is 6.07 Å². The molecule has 3 nitrogen and oxygen atoms in total. The first-order chi connectivity index (χ1) is 9.09. The highest BCUT2D eigenvalue weighted by molar-refractivity contribution is 6.42. The van der Waals surface area contributed by atoms with Gasteiger partial charge in [-0.2, -0.15) is 0 Å². The summed E-state index contributed by atoms with van der Waals surface area (Å²) >= 11 is 12.0. The lowest BCUT2D eigenvalue weighted by Crippen LogP contribution is -2.28. The molecule has 2 unspecified atom stereocenters. The minimum Gasteiger partial charge on any atom is -0.481 e. The molecule has 2 N–H and O–H groups in total. The monoisotopic (exact) mass is 301 g/mol. The molecule has 1 aromatic carbocycles. The van der Waals surface area contributed by atoms with Crippen LogP contribution in [0.1, 0.15) is 24.8 Å². The lowest BCUT2D eigenvalue weighted by molar-refractivity contribution is -0.142. The van der Waals surface area contributed by atoms with E-state index in [1.165, 1.54) is 0 Å². The molecule has 0 spiro atoms. The molecule has 1 aliphatic carbocycles. The first-order valence-corrected chi connectivity index (χ1v) is 7.21. The number of hydrogen-bond acceptors (Lipinski definition) is 2. The average Bonchev–Trinajstić information content (AvgIpc) is 2.83. The number of carboxylic acid groups (broad SMARTS) is 1. The molecule has 1 aromatic rings. The van der Waals surface area contributed by atoms with E-state index < -0.39 is 5.97 Å². The van der Waals surface area contributed by atoms with Gasteiger partial charge < -0.3 is 10.4 Å². The number of benzene rings is 1. The molecule has 19 heavy (non-hydrogen) atoms. The molecule has 0 amide bonds. The zero-order chi connectivity index (χ0) is 13.8. The van der Waals surface area contributed by atoms with E-state index in [1.807, 2.05) is 12.1 Å². The van der Waals surface area contributed by atoms with Gasteiger partial charge >= 0.3 is 5.97 Å². The number of rotatable bonds is 5. The highest BCUT2D eigenvalue weighted by Gasteiger charge is 2.32. The molecule has 2 atom stereocenters. The number of hydrogen-bond donors (Lipinski definition) is 2. The molecule has 0 aromatic heterocycles. The molecule has 1 aliphatic rings. The molecule has 1 fully saturated rings. The molecular weight excluding hydrogens is 285 g/mol. The summed E-state index contributed by atoms with van der Waals surface area (Å²) in [7, 11) is 0. The van der Waals surface area contributed by atoms with E-state index in [2.05, 4.69) is 5.32 Å². The summed E-state index contributed by atoms with van der Waals surface area (Å²) in [5, 5.41) is 13.5. The van der Waals surface area contributed by atoms with Gasteiger partial charge in [0.05, 0.1) is 16.0 Å². The van der Waals surface area contributed by atoms with Crippen molar-refractivity contribution in [1.29, 1.82) is 0 Å². The number of halogens is 2. The summed E-state index contributed by atoms with van der Waals surface area (Å²) in [6, 6.07) is 5.54. The standard InChI is InChI=1S/C14H17Cl2NO2/c15-12-6-2-4-10(13(12)16)8-17-7-9-3-1-5-11(9)14(18)19/h2,4,6,9,11,17H,1,3,5,7-8H2,(H,18,19). The van der Waals surface area contributed by atoms with Gasteiger partial charge in [-0.15, -0.1) is 0 Å². The Kier molecular flexibility index (Phi) is 5.08. The van der Waals surface area contributed by atoms with Gasteiger partial charge in [0.15, 0.2) is 0 Å². The first-order valence-electron chi connectivity index (χ1n) is 6.46. The number of carbonyl (C=O) groups is 1. The Morgan fingerprint density at radius 2 is 2.16 bits per heavy atom. The summed E-state index contributed by atoms with van der Waals surface area (Å²) in [6.07, 6.45) is 2.77. The topological polar surface area (TPSA) is 49.3 Å². The van der Waals surface area contributed by atoms with Crippen molar-refractivity contribution < 1.29 is 9.90 Å². The Morgan fingerprint density at radius 3 is 2.89 bits per heavy atom. The maximum atomic E-state index is 11.1. The molecule has 0 aliphatic heterocycles. The van der Waals surface area contributed by atoms with Gasteiger partial charge in [0.2, 0.25) is 0 Å². The number of carboxylic acids is 1. The fourth-order valence-electron chi connectivity index (χ4n) is 2.68. The fourth-order valence-corrected chi connectivity index (χ4v) is 3.07. The van der Waals surface area contributed by atoms with Crippen LogP contribution in [0.2, 0.25) is 10.0 Å². The zero-order valence-electron chi connectivity index (χ0n) is 10.5. The Hall–Kier alpha value is -0.770. The molecule has 104 valence electrons. The maximum Gasteiger partial charge on any atom is 0.306 e. The lowest BCUT2D eigenvalue weighted by Gasteiger charge is -2.16. The highest BCUT2D eigenvalue weighted by Crippen LogP contribution is 2.31. The summed E-state index contributed by atoms with van der Waals surface area (Å²) in [5.74, 6) is -0.664. The third-order valence-electron chi connectivity index (χ3n) is 3.73. The second-order valence-corrected chi connectivity index (χ2v) is 5.76. The van der Waals surface area contributed by atoms with Crippen molar-refractivity contribution in [2.45, 2.75) is 25.8 Å². The highest BCUT2D eigenvalue weighted by atomic mass is 35.5. The molecular formula is C14H17Cl2NO2. The summed E-state index contributed by atoms with van der Waals surface area (Å²) < 4.78 is 0. The zero-order valence-corrected chi connectivity index (χ0v) is 12.0. The van der Waals surface area contributed by atoms with Crippen LogP contribution in [0.4, 0.5) is 0 Å². The number of nitrogens with one attached hydrogen (secondary N) is 1. The number of aliphatic carboxylic acids is 1. The quantitative estimate of drug-likeness (QED) is 0.874. The van der Waals surface area contributed by atoms with Crippen molar-refractivity contribution in [1.82, 2.24) is 5.32 Å². The van der Waals surface area contributed by atoms with Gasteiger partial charge in [-0.1, -0.05) is 41.8 Å². The van der Waals surface area contributed by atoms with Crippen LogP contribution >= 0.6 is 23.2 Å². The van der Waals surface area contributed by atoms with Crippen molar-refractivity contribution in [3.8, 4) is 0 Å². The second-order valence-electron chi connectivity index (χ2n) is 4.98. The van der Waals surface area contributed by atoms with Crippen LogP contribution in [0.25, 0.3) is 0 Å². The van der Waals surface area contributed by atoms with Gasteiger partial charge in [0.1, 0.15) is 0 Å². The molecule has 0 saturated heterocycles. The van der Waals surface area contributed by atoms with E-state index in [9.17, 15) is 4.79 Å². The summed E-state index contributed by atoms with van der Waals surface area (Å²) in [4.78, 5) is 11.1. The largest absolute Gasteiger partial charge is 0.481 e. The first kappa shape index (κ1) is 14.6. The van der Waals surface area contributed by atoms with E-state index >= 15 is 0 Å². The van der Waals surface area contributed by atoms with Gasteiger partial charge in [-0.25, -0.2) is 0 Å². The Labute approximate surface area is 122 Å². The van der Waals surface area contributed by atoms with Crippen LogP contribution < -0.4 is 5.32 Å². The van der Waals surface area contributed by atoms with Crippen LogP contribution in [-0.4, -0.2) is 17.6 Å². The van der Waals surface area contributed by atoms with E-state index in [0.717, 1.165) is 24.8 Å². The lowest BCUT2D eigenvalue weighted by atomic mass is 9.96. The smallest absolute Gasteiger partial charge is 0.306 e. The minimum absolute atomic E-state index is 0.206. The predicted molar refractivity (Wildman–Crippen MR) is 76.6 cm³/mol. The maximum absolute atomic E-state index is 11.1. The molecule has 0 bridgehead atoms. The third kappa shape index (κ3) is 3.62. The predicted octanol–water partition coefficient (Wildman–Crippen LogP) is 3.58. The van der Waals surface area contributed by atoms with Crippen LogP contribution in [0, 0.1) is 11.8 Å². The molecule has 5 heteroatoms. The average molecular weight is 302 g/mol. The minimum atomic E-state index is -0.676.